The van der Waals surface area contributed by atoms with Crippen molar-refractivity contribution >= 4 is 0 Å². The highest BCUT2D eigenvalue weighted by Gasteiger charge is 2.18. The van der Waals surface area contributed by atoms with E-state index in [1.54, 1.807) is 12.1 Å². The third-order valence-corrected chi connectivity index (χ3v) is 2.74. The van der Waals surface area contributed by atoms with Crippen molar-refractivity contribution in [1.82, 2.24) is 5.32 Å². The van der Waals surface area contributed by atoms with E-state index < -0.39 is 6.10 Å². The molecule has 1 rings (SSSR count). The average molecular weight is 241 g/mol. The normalized spacial score (nSPS) is 13.7. The van der Waals surface area contributed by atoms with Gasteiger partial charge in [-0.3, -0.25) is 0 Å². The van der Waals surface area contributed by atoms with Crippen LogP contribution in [0.2, 0.25) is 0 Å². The Bertz CT molecular complexity index is 355. The number of nitrogens with one attached hydrogen (secondary N) is 1. The van der Waals surface area contributed by atoms with Gasteiger partial charge in [0.2, 0.25) is 0 Å². The summed E-state index contributed by atoms with van der Waals surface area (Å²) in [4.78, 5) is 0. The molecular formula is C13H20FNO2. The highest BCUT2D eigenvalue weighted by molar-refractivity contribution is 5.19. The summed E-state index contributed by atoms with van der Waals surface area (Å²) >= 11 is 0. The lowest BCUT2D eigenvalue weighted by molar-refractivity contribution is 0.151. The second kappa shape index (κ2) is 6.10. The van der Waals surface area contributed by atoms with E-state index in [9.17, 15) is 9.50 Å². The van der Waals surface area contributed by atoms with Crippen molar-refractivity contribution < 1.29 is 14.6 Å². The predicted octanol–water partition coefficient (Wildman–Crippen LogP) is 1.61. The van der Waals surface area contributed by atoms with Gasteiger partial charge in [-0.05, 0) is 38.0 Å². The summed E-state index contributed by atoms with van der Waals surface area (Å²) in [7, 11) is 0. The molecule has 0 aliphatic heterocycles. The lowest BCUT2D eigenvalue weighted by atomic mass is 10.0. The van der Waals surface area contributed by atoms with Gasteiger partial charge in [0.05, 0.1) is 6.10 Å². The van der Waals surface area contributed by atoms with Crippen LogP contribution in [0.5, 0.6) is 0 Å². The summed E-state index contributed by atoms with van der Waals surface area (Å²) in [6.07, 6.45) is -0.147. The Morgan fingerprint density at radius 2 is 2.12 bits per heavy atom. The van der Waals surface area contributed by atoms with Crippen molar-refractivity contribution in [1.29, 1.82) is 0 Å². The Balaban J connectivity index is 2.52. The van der Waals surface area contributed by atoms with Crippen LogP contribution in [0.15, 0.2) is 24.3 Å². The average Bonchev–Trinajstić information content (AvgIpc) is 2.26. The van der Waals surface area contributed by atoms with Crippen LogP contribution in [0.3, 0.4) is 0 Å². The Kier molecular flexibility index (Phi) is 5.05. The van der Waals surface area contributed by atoms with Crippen LogP contribution in [0, 0.1) is 5.82 Å². The monoisotopic (exact) mass is 241 g/mol. The zero-order valence-electron chi connectivity index (χ0n) is 10.3. The molecule has 0 fully saturated rings. The quantitative estimate of drug-likeness (QED) is 0.709. The van der Waals surface area contributed by atoms with E-state index in [1.807, 2.05) is 13.8 Å². The molecule has 0 spiro atoms. The Morgan fingerprint density at radius 3 is 2.71 bits per heavy atom. The molecule has 0 bridgehead atoms. The molecule has 0 heterocycles. The fraction of sp³-hybridized carbons (Fsp3) is 0.538. The summed E-state index contributed by atoms with van der Waals surface area (Å²) in [5.74, 6) is -0.351. The first-order chi connectivity index (χ1) is 7.94. The minimum Gasteiger partial charge on any atom is -0.396 e. The molecule has 0 amide bonds. The summed E-state index contributed by atoms with van der Waals surface area (Å²) in [6.45, 7) is 4.32. The lowest BCUT2D eigenvalue weighted by Crippen LogP contribution is -2.42. The zero-order chi connectivity index (χ0) is 12.9. The third kappa shape index (κ3) is 4.81. The van der Waals surface area contributed by atoms with Crippen LogP contribution >= 0.6 is 0 Å². The van der Waals surface area contributed by atoms with Gasteiger partial charge in [-0.15, -0.1) is 0 Å². The van der Waals surface area contributed by atoms with E-state index in [0.29, 0.717) is 18.5 Å². The first-order valence-corrected chi connectivity index (χ1v) is 5.74. The molecule has 0 aliphatic rings. The number of rotatable bonds is 6. The van der Waals surface area contributed by atoms with Crippen molar-refractivity contribution in [3.8, 4) is 0 Å². The molecule has 3 nitrogen and oxygen atoms in total. The second-order valence-electron chi connectivity index (χ2n) is 4.81. The minimum absolute atomic E-state index is 0.0933. The molecule has 0 saturated carbocycles. The molecular weight excluding hydrogens is 221 g/mol. The number of aliphatic hydroxyl groups excluding tert-OH is 2. The van der Waals surface area contributed by atoms with E-state index in [2.05, 4.69) is 5.32 Å². The van der Waals surface area contributed by atoms with Gasteiger partial charge < -0.3 is 15.5 Å². The standard InChI is InChI=1S/C13H20FNO2/c1-13(2,6-7-16)15-9-12(17)10-4-3-5-11(14)8-10/h3-5,8,12,15-17H,6-7,9H2,1-2H3. The van der Waals surface area contributed by atoms with Crippen LogP contribution < -0.4 is 5.32 Å². The summed E-state index contributed by atoms with van der Waals surface area (Å²) < 4.78 is 13.0. The Hall–Kier alpha value is -0.970. The number of hydrogen-bond donors (Lipinski definition) is 3. The van der Waals surface area contributed by atoms with E-state index in [0.717, 1.165) is 0 Å². The SMILES string of the molecule is CC(C)(CCO)NCC(O)c1cccc(F)c1. The van der Waals surface area contributed by atoms with Crippen LogP contribution in [0.4, 0.5) is 4.39 Å². The van der Waals surface area contributed by atoms with Crippen LogP contribution in [0.25, 0.3) is 0 Å². The van der Waals surface area contributed by atoms with Crippen molar-refractivity contribution in [3.63, 3.8) is 0 Å². The maximum Gasteiger partial charge on any atom is 0.123 e. The maximum absolute atomic E-state index is 13.0. The molecule has 1 atom stereocenters. The van der Waals surface area contributed by atoms with Gasteiger partial charge in [0.1, 0.15) is 5.82 Å². The third-order valence-electron chi connectivity index (χ3n) is 2.74. The van der Waals surface area contributed by atoms with Gasteiger partial charge in [-0.2, -0.15) is 0 Å². The summed E-state index contributed by atoms with van der Waals surface area (Å²) in [5.41, 5.74) is 0.306. The number of β-amino-alcohol motifs (C(OH)–C–C–N with tert-alkyl or cyclic N) is 1. The molecule has 17 heavy (non-hydrogen) atoms. The molecule has 96 valence electrons. The largest absolute Gasteiger partial charge is 0.396 e. The zero-order valence-corrected chi connectivity index (χ0v) is 10.3. The molecule has 0 saturated heterocycles. The van der Waals surface area contributed by atoms with Gasteiger partial charge in [0, 0.05) is 18.7 Å². The van der Waals surface area contributed by atoms with E-state index in [1.165, 1.54) is 12.1 Å². The molecule has 1 aromatic carbocycles. The van der Waals surface area contributed by atoms with Gasteiger partial charge in [-0.1, -0.05) is 12.1 Å². The fourth-order valence-electron chi connectivity index (χ4n) is 1.57. The smallest absolute Gasteiger partial charge is 0.123 e. The topological polar surface area (TPSA) is 52.5 Å². The Morgan fingerprint density at radius 1 is 1.41 bits per heavy atom. The fourth-order valence-corrected chi connectivity index (χ4v) is 1.57. The first-order valence-electron chi connectivity index (χ1n) is 5.74. The minimum atomic E-state index is -0.747. The molecule has 0 radical (unpaired) electrons. The van der Waals surface area contributed by atoms with Crippen LogP contribution in [0.1, 0.15) is 31.9 Å². The van der Waals surface area contributed by atoms with Crippen molar-refractivity contribution in [3.05, 3.63) is 35.6 Å². The highest BCUT2D eigenvalue weighted by atomic mass is 19.1. The van der Waals surface area contributed by atoms with E-state index in [4.69, 9.17) is 5.11 Å². The summed E-state index contributed by atoms with van der Waals surface area (Å²) in [5, 5.41) is 21.9. The van der Waals surface area contributed by atoms with Crippen molar-refractivity contribution in [2.75, 3.05) is 13.2 Å². The van der Waals surface area contributed by atoms with E-state index >= 15 is 0 Å². The molecule has 1 unspecified atom stereocenters. The van der Waals surface area contributed by atoms with Gasteiger partial charge >= 0.3 is 0 Å². The van der Waals surface area contributed by atoms with Crippen molar-refractivity contribution in [2.45, 2.75) is 31.9 Å². The molecule has 0 aliphatic carbocycles. The molecule has 0 aromatic heterocycles. The van der Waals surface area contributed by atoms with E-state index in [-0.39, 0.29) is 18.0 Å². The number of halogens is 1. The predicted molar refractivity (Wildman–Crippen MR) is 65.1 cm³/mol. The Labute approximate surface area is 101 Å². The second-order valence-corrected chi connectivity index (χ2v) is 4.81. The maximum atomic E-state index is 13.0. The summed E-state index contributed by atoms with van der Waals surface area (Å²) in [6, 6.07) is 5.94. The lowest BCUT2D eigenvalue weighted by Gasteiger charge is -2.27. The highest BCUT2D eigenvalue weighted by Crippen LogP contribution is 2.15. The van der Waals surface area contributed by atoms with Crippen LogP contribution in [-0.2, 0) is 0 Å². The number of hydrogen-bond acceptors (Lipinski definition) is 3. The number of benzene rings is 1. The molecule has 4 heteroatoms. The molecule has 1 aromatic rings. The molecule has 3 N–H and O–H groups in total. The van der Waals surface area contributed by atoms with Crippen molar-refractivity contribution in [2.24, 2.45) is 0 Å². The van der Waals surface area contributed by atoms with Gasteiger partial charge in [0.15, 0.2) is 0 Å². The number of aliphatic hydroxyl groups is 2. The first kappa shape index (κ1) is 14.1. The van der Waals surface area contributed by atoms with Gasteiger partial charge in [-0.25, -0.2) is 4.39 Å². The van der Waals surface area contributed by atoms with Crippen LogP contribution in [-0.4, -0.2) is 28.9 Å². The van der Waals surface area contributed by atoms with Gasteiger partial charge in [0.25, 0.3) is 0 Å².